The van der Waals surface area contributed by atoms with Gasteiger partial charge in [0, 0.05) is 11.4 Å². The number of ether oxygens (including phenoxy) is 1. The normalized spacial score (nSPS) is 16.4. The van der Waals surface area contributed by atoms with Crippen molar-refractivity contribution in [2.45, 2.75) is 38.1 Å². The van der Waals surface area contributed by atoms with Gasteiger partial charge in [0.2, 0.25) is 5.91 Å². The topological polar surface area (TPSA) is 75.6 Å². The summed E-state index contributed by atoms with van der Waals surface area (Å²) in [5.41, 5.74) is -0.165. The quantitative estimate of drug-likeness (QED) is 0.719. The minimum atomic E-state index is -1.10. The number of carboxylic acids is 1. The summed E-state index contributed by atoms with van der Waals surface area (Å²) in [5, 5.41) is 12.9. The molecule has 2 rings (SSSR count). The summed E-state index contributed by atoms with van der Waals surface area (Å²) in [6, 6.07) is 5.41. The maximum Gasteiger partial charge on any atom is 0.329 e. The van der Waals surface area contributed by atoms with Crippen molar-refractivity contribution in [1.29, 1.82) is 0 Å². The monoisotopic (exact) mass is 371 g/mol. The average Bonchev–Trinajstić information content (AvgIpc) is 2.55. The Labute approximate surface area is 151 Å². The molecule has 0 atom stereocenters. The molecule has 1 aromatic carbocycles. The van der Waals surface area contributed by atoms with E-state index in [1.54, 1.807) is 23.9 Å². The Morgan fingerprint density at radius 2 is 2.08 bits per heavy atom. The van der Waals surface area contributed by atoms with Gasteiger partial charge < -0.3 is 15.2 Å². The molecule has 0 bridgehead atoms. The third-order valence-corrected chi connectivity index (χ3v) is 5.49. The number of rotatable bonds is 7. The van der Waals surface area contributed by atoms with Crippen LogP contribution in [0.3, 0.4) is 0 Å². The molecular formula is C17H22ClNO4S. The van der Waals surface area contributed by atoms with Crippen LogP contribution in [0.25, 0.3) is 0 Å². The summed E-state index contributed by atoms with van der Waals surface area (Å²) >= 11 is 7.68. The lowest BCUT2D eigenvalue weighted by molar-refractivity contribution is -0.148. The first kappa shape index (κ1) is 18.9. The number of carbonyl (C=O) groups is 2. The van der Waals surface area contributed by atoms with Crippen LogP contribution in [-0.4, -0.2) is 40.6 Å². The predicted molar refractivity (Wildman–Crippen MR) is 96.0 cm³/mol. The van der Waals surface area contributed by atoms with Crippen LogP contribution in [0.5, 0.6) is 5.75 Å². The molecule has 1 amide bonds. The zero-order valence-corrected chi connectivity index (χ0v) is 15.2. The van der Waals surface area contributed by atoms with E-state index in [1.807, 2.05) is 13.0 Å². The van der Waals surface area contributed by atoms with Crippen molar-refractivity contribution in [3.05, 3.63) is 28.8 Å². The maximum atomic E-state index is 12.1. The molecule has 0 spiro atoms. The molecular weight excluding hydrogens is 350 g/mol. The summed E-state index contributed by atoms with van der Waals surface area (Å²) in [5.74, 6) is 1.05. The summed E-state index contributed by atoms with van der Waals surface area (Å²) in [6.07, 6.45) is 1.71. The predicted octanol–water partition coefficient (Wildman–Crippen LogP) is 3.27. The molecule has 7 heteroatoms. The molecule has 0 aliphatic carbocycles. The molecule has 1 aliphatic heterocycles. The number of aliphatic carboxylic acids is 1. The molecule has 1 aliphatic rings. The van der Waals surface area contributed by atoms with Crippen LogP contribution in [0.2, 0.25) is 5.02 Å². The van der Waals surface area contributed by atoms with Crippen LogP contribution in [0.1, 0.15) is 31.2 Å². The smallest absolute Gasteiger partial charge is 0.329 e. The minimum absolute atomic E-state index is 0.236. The molecule has 132 valence electrons. The Bertz CT molecular complexity index is 602. The number of halogens is 1. The number of benzene rings is 1. The summed E-state index contributed by atoms with van der Waals surface area (Å²) in [4.78, 5) is 23.6. The molecule has 1 fully saturated rings. The van der Waals surface area contributed by atoms with E-state index >= 15 is 0 Å². The van der Waals surface area contributed by atoms with E-state index in [9.17, 15) is 14.7 Å². The fraction of sp³-hybridized carbons (Fsp3) is 0.529. The molecule has 0 saturated carbocycles. The van der Waals surface area contributed by atoms with Crippen LogP contribution >= 0.6 is 23.4 Å². The van der Waals surface area contributed by atoms with Crippen LogP contribution in [-0.2, 0) is 9.59 Å². The first-order valence-corrected chi connectivity index (χ1v) is 9.47. The molecule has 1 heterocycles. The van der Waals surface area contributed by atoms with E-state index < -0.39 is 11.5 Å². The van der Waals surface area contributed by atoms with E-state index in [4.69, 9.17) is 16.3 Å². The zero-order valence-electron chi connectivity index (χ0n) is 13.6. The van der Waals surface area contributed by atoms with Crippen LogP contribution in [0.15, 0.2) is 18.2 Å². The Kier molecular flexibility index (Phi) is 6.80. The lowest BCUT2D eigenvalue weighted by Crippen LogP contribution is -2.56. The number of hydrogen-bond acceptors (Lipinski definition) is 4. The first-order valence-electron chi connectivity index (χ1n) is 7.94. The molecule has 2 N–H and O–H groups in total. The fourth-order valence-electron chi connectivity index (χ4n) is 2.57. The van der Waals surface area contributed by atoms with Crippen molar-refractivity contribution in [2.24, 2.45) is 0 Å². The molecule has 1 saturated heterocycles. The highest BCUT2D eigenvalue weighted by Crippen LogP contribution is 2.27. The van der Waals surface area contributed by atoms with E-state index in [2.05, 4.69) is 5.32 Å². The Hall–Kier alpha value is -1.40. The molecule has 0 aromatic heterocycles. The molecule has 5 nitrogen and oxygen atoms in total. The lowest BCUT2D eigenvalue weighted by atomic mass is 9.92. The number of thioether (sulfide) groups is 1. The van der Waals surface area contributed by atoms with E-state index in [0.29, 0.717) is 36.6 Å². The van der Waals surface area contributed by atoms with E-state index in [-0.39, 0.29) is 12.3 Å². The number of nitrogens with one attached hydrogen (secondary N) is 1. The summed E-state index contributed by atoms with van der Waals surface area (Å²) < 4.78 is 5.60. The highest BCUT2D eigenvalue weighted by atomic mass is 35.5. The van der Waals surface area contributed by atoms with Crippen molar-refractivity contribution in [2.75, 3.05) is 18.1 Å². The second-order valence-electron chi connectivity index (χ2n) is 5.91. The number of carboxylic acid groups (broad SMARTS) is 1. The molecule has 0 radical (unpaired) electrons. The van der Waals surface area contributed by atoms with Gasteiger partial charge in [-0.15, -0.1) is 0 Å². The fourth-order valence-corrected chi connectivity index (χ4v) is 3.88. The molecule has 1 aromatic rings. The second kappa shape index (κ2) is 8.62. The molecule has 24 heavy (non-hydrogen) atoms. The van der Waals surface area contributed by atoms with Gasteiger partial charge in [0.1, 0.15) is 11.3 Å². The lowest BCUT2D eigenvalue weighted by Gasteiger charge is -2.33. The Morgan fingerprint density at radius 1 is 1.38 bits per heavy atom. The van der Waals surface area contributed by atoms with E-state index in [1.165, 1.54) is 0 Å². The van der Waals surface area contributed by atoms with Crippen molar-refractivity contribution in [3.8, 4) is 5.75 Å². The van der Waals surface area contributed by atoms with Gasteiger partial charge in [0.15, 0.2) is 0 Å². The standard InChI is InChI=1S/C17H22ClNO4S/c1-12-11-13(4-5-14(12)18)23-8-2-3-15(20)19-17(16(21)22)6-9-24-10-7-17/h4-5,11H,2-3,6-10H2,1H3,(H,19,20)(H,21,22). The number of hydrogen-bond donors (Lipinski definition) is 2. The molecule has 0 unspecified atom stereocenters. The van der Waals surface area contributed by atoms with Crippen molar-refractivity contribution in [3.63, 3.8) is 0 Å². The highest BCUT2D eigenvalue weighted by Gasteiger charge is 2.40. The van der Waals surface area contributed by atoms with Crippen LogP contribution in [0, 0.1) is 6.92 Å². The van der Waals surface area contributed by atoms with Gasteiger partial charge in [0.25, 0.3) is 0 Å². The van der Waals surface area contributed by atoms with Crippen molar-refractivity contribution >= 4 is 35.2 Å². The largest absolute Gasteiger partial charge is 0.494 e. The number of carbonyl (C=O) groups excluding carboxylic acids is 1. The van der Waals surface area contributed by atoms with Gasteiger partial charge in [-0.2, -0.15) is 11.8 Å². The summed E-state index contributed by atoms with van der Waals surface area (Å²) in [6.45, 7) is 2.29. The summed E-state index contributed by atoms with van der Waals surface area (Å²) in [7, 11) is 0. The Morgan fingerprint density at radius 3 is 2.71 bits per heavy atom. The van der Waals surface area contributed by atoms with Crippen LogP contribution in [0.4, 0.5) is 0 Å². The third-order valence-electron chi connectivity index (χ3n) is 4.08. The zero-order chi connectivity index (χ0) is 17.6. The number of amides is 1. The number of aryl methyl sites for hydroxylation is 1. The maximum absolute atomic E-state index is 12.1. The van der Waals surface area contributed by atoms with Gasteiger partial charge in [-0.3, -0.25) is 4.79 Å². The first-order chi connectivity index (χ1) is 11.4. The van der Waals surface area contributed by atoms with Crippen molar-refractivity contribution < 1.29 is 19.4 Å². The second-order valence-corrected chi connectivity index (χ2v) is 7.54. The van der Waals surface area contributed by atoms with Gasteiger partial charge >= 0.3 is 5.97 Å². The highest BCUT2D eigenvalue weighted by molar-refractivity contribution is 7.99. The van der Waals surface area contributed by atoms with Gasteiger partial charge in [-0.05, 0) is 61.5 Å². The minimum Gasteiger partial charge on any atom is -0.494 e. The van der Waals surface area contributed by atoms with Crippen LogP contribution < -0.4 is 10.1 Å². The third kappa shape index (κ3) is 5.05. The van der Waals surface area contributed by atoms with E-state index in [0.717, 1.165) is 17.1 Å². The van der Waals surface area contributed by atoms with Gasteiger partial charge in [0.05, 0.1) is 6.61 Å². The van der Waals surface area contributed by atoms with Gasteiger partial charge in [-0.1, -0.05) is 11.6 Å². The SMILES string of the molecule is Cc1cc(OCCCC(=O)NC2(C(=O)O)CCSCC2)ccc1Cl. The Balaban J connectivity index is 1.76. The average molecular weight is 372 g/mol. The van der Waals surface area contributed by atoms with Gasteiger partial charge in [-0.25, -0.2) is 4.79 Å². The van der Waals surface area contributed by atoms with Crippen molar-refractivity contribution in [1.82, 2.24) is 5.32 Å².